The third-order valence-electron chi connectivity index (χ3n) is 1.57. The Morgan fingerprint density at radius 3 is 2.80 bits per heavy atom. The monoisotopic (exact) mass is 213 g/mol. The fourth-order valence-electron chi connectivity index (χ4n) is 0.872. The van der Waals surface area contributed by atoms with Gasteiger partial charge in [0.25, 0.3) is 0 Å². The van der Waals surface area contributed by atoms with Crippen LogP contribution in [-0.4, -0.2) is 38.7 Å². The Bertz CT molecular complexity index is 227. The maximum Gasteiger partial charge on any atom is 0.307 e. The molecule has 0 heterocycles. The molecule has 0 saturated heterocycles. The van der Waals surface area contributed by atoms with Crippen molar-refractivity contribution in [3.05, 3.63) is 12.7 Å². The molecule has 5 heteroatoms. The van der Waals surface area contributed by atoms with Crippen molar-refractivity contribution in [2.75, 3.05) is 26.7 Å². The highest BCUT2D eigenvalue weighted by Crippen LogP contribution is 1.85. The smallest absolute Gasteiger partial charge is 0.307 e. The lowest BCUT2D eigenvalue weighted by atomic mass is 10.4. The number of guanidine groups is 1. The fraction of sp³-hybridized carbons (Fsp3) is 0.600. The number of nitrogens with one attached hydrogen (secondary N) is 2. The summed E-state index contributed by atoms with van der Waals surface area (Å²) in [5.41, 5.74) is 0. The minimum atomic E-state index is -0.252. The number of carbonyl (C=O) groups excluding carboxylic acids is 1. The van der Waals surface area contributed by atoms with Gasteiger partial charge in [-0.3, -0.25) is 9.79 Å². The maximum absolute atomic E-state index is 10.8. The summed E-state index contributed by atoms with van der Waals surface area (Å²) in [4.78, 5) is 15.0. The summed E-state index contributed by atoms with van der Waals surface area (Å²) in [6, 6.07) is 0. The molecule has 5 nitrogen and oxygen atoms in total. The highest BCUT2D eigenvalue weighted by molar-refractivity contribution is 5.80. The van der Waals surface area contributed by atoms with E-state index in [1.165, 1.54) is 7.11 Å². The van der Waals surface area contributed by atoms with Crippen LogP contribution >= 0.6 is 0 Å². The maximum atomic E-state index is 10.8. The van der Waals surface area contributed by atoms with Crippen molar-refractivity contribution in [2.24, 2.45) is 4.99 Å². The van der Waals surface area contributed by atoms with E-state index in [-0.39, 0.29) is 5.97 Å². The molecule has 0 unspecified atom stereocenters. The van der Waals surface area contributed by atoms with Crippen LogP contribution in [0.1, 0.15) is 13.3 Å². The third-order valence-corrected chi connectivity index (χ3v) is 1.57. The Labute approximate surface area is 90.6 Å². The van der Waals surface area contributed by atoms with Gasteiger partial charge in [-0.25, -0.2) is 0 Å². The molecule has 0 atom stereocenters. The van der Waals surface area contributed by atoms with Crippen molar-refractivity contribution < 1.29 is 9.53 Å². The summed E-state index contributed by atoms with van der Waals surface area (Å²) >= 11 is 0. The number of methoxy groups -OCH3 is 1. The normalized spacial score (nSPS) is 10.7. The van der Waals surface area contributed by atoms with E-state index in [0.29, 0.717) is 25.5 Å². The Hall–Kier alpha value is -1.52. The summed E-state index contributed by atoms with van der Waals surface area (Å²) in [5, 5.41) is 6.08. The van der Waals surface area contributed by atoms with E-state index in [9.17, 15) is 4.79 Å². The standard InChI is InChI=1S/C10H19N3O2/c1-4-7-12-10(11-5-2)13-8-6-9(14)15-3/h4H,1,5-8H2,2-3H3,(H2,11,12,13). The van der Waals surface area contributed by atoms with Crippen LogP contribution in [0.4, 0.5) is 0 Å². The van der Waals surface area contributed by atoms with Crippen molar-refractivity contribution in [2.45, 2.75) is 13.3 Å². The zero-order chi connectivity index (χ0) is 11.5. The van der Waals surface area contributed by atoms with Crippen LogP contribution in [0.3, 0.4) is 0 Å². The molecule has 0 aromatic carbocycles. The molecule has 15 heavy (non-hydrogen) atoms. The summed E-state index contributed by atoms with van der Waals surface area (Å²) in [7, 11) is 1.37. The number of esters is 1. The number of hydrogen-bond donors (Lipinski definition) is 2. The molecule has 0 amide bonds. The van der Waals surface area contributed by atoms with Gasteiger partial charge in [-0.2, -0.15) is 0 Å². The second-order valence-electron chi connectivity index (χ2n) is 2.76. The SMILES string of the molecule is C=CCNC(=NCCC(=O)OC)NCC. The van der Waals surface area contributed by atoms with Crippen LogP contribution in [0.2, 0.25) is 0 Å². The van der Waals surface area contributed by atoms with E-state index in [1.807, 2.05) is 6.92 Å². The van der Waals surface area contributed by atoms with Gasteiger partial charge in [0.15, 0.2) is 5.96 Å². The second-order valence-corrected chi connectivity index (χ2v) is 2.76. The number of rotatable bonds is 6. The summed E-state index contributed by atoms with van der Waals surface area (Å²) < 4.78 is 4.51. The van der Waals surface area contributed by atoms with Gasteiger partial charge < -0.3 is 15.4 Å². The zero-order valence-electron chi connectivity index (χ0n) is 9.38. The van der Waals surface area contributed by atoms with Gasteiger partial charge >= 0.3 is 5.97 Å². The predicted octanol–water partition coefficient (Wildman–Crippen LogP) is 0.291. The molecule has 0 fully saturated rings. The molecule has 0 aliphatic heterocycles. The first-order chi connectivity index (χ1) is 7.24. The van der Waals surface area contributed by atoms with Crippen molar-refractivity contribution in [3.63, 3.8) is 0 Å². The highest BCUT2D eigenvalue weighted by Gasteiger charge is 1.99. The molecule has 0 aromatic rings. The highest BCUT2D eigenvalue weighted by atomic mass is 16.5. The average molecular weight is 213 g/mol. The Balaban J connectivity index is 3.92. The topological polar surface area (TPSA) is 62.7 Å². The summed E-state index contributed by atoms with van der Waals surface area (Å²) in [6.45, 7) is 7.41. The molecule has 0 rings (SSSR count). The molecule has 86 valence electrons. The molecular formula is C10H19N3O2. The summed E-state index contributed by atoms with van der Waals surface area (Å²) in [5.74, 6) is 0.430. The van der Waals surface area contributed by atoms with Gasteiger partial charge in [-0.15, -0.1) is 6.58 Å². The number of ether oxygens (including phenoxy) is 1. The van der Waals surface area contributed by atoms with Crippen molar-refractivity contribution in [3.8, 4) is 0 Å². The first-order valence-corrected chi connectivity index (χ1v) is 4.94. The molecular weight excluding hydrogens is 194 g/mol. The van der Waals surface area contributed by atoms with Crippen LogP contribution in [0.25, 0.3) is 0 Å². The molecule has 0 bridgehead atoms. The van der Waals surface area contributed by atoms with Gasteiger partial charge in [0.05, 0.1) is 20.1 Å². The average Bonchev–Trinajstić information content (AvgIpc) is 2.25. The number of hydrogen-bond acceptors (Lipinski definition) is 3. The minimum Gasteiger partial charge on any atom is -0.469 e. The Morgan fingerprint density at radius 1 is 1.53 bits per heavy atom. The van der Waals surface area contributed by atoms with Crippen LogP contribution in [0.15, 0.2) is 17.6 Å². The Morgan fingerprint density at radius 2 is 2.27 bits per heavy atom. The molecule has 0 aromatic heterocycles. The van der Waals surface area contributed by atoms with Crippen molar-refractivity contribution >= 4 is 11.9 Å². The lowest BCUT2D eigenvalue weighted by Crippen LogP contribution is -2.37. The van der Waals surface area contributed by atoms with Crippen LogP contribution in [0, 0.1) is 0 Å². The van der Waals surface area contributed by atoms with E-state index < -0.39 is 0 Å². The first kappa shape index (κ1) is 13.5. The summed E-state index contributed by atoms with van der Waals surface area (Å²) in [6.07, 6.45) is 2.04. The van der Waals surface area contributed by atoms with E-state index in [2.05, 4.69) is 26.9 Å². The quantitative estimate of drug-likeness (QED) is 0.288. The van der Waals surface area contributed by atoms with E-state index in [1.54, 1.807) is 6.08 Å². The lowest BCUT2D eigenvalue weighted by molar-refractivity contribution is -0.140. The van der Waals surface area contributed by atoms with Crippen molar-refractivity contribution in [1.29, 1.82) is 0 Å². The largest absolute Gasteiger partial charge is 0.469 e. The zero-order valence-corrected chi connectivity index (χ0v) is 9.38. The molecule has 0 spiro atoms. The Kier molecular flexibility index (Phi) is 8.13. The van der Waals surface area contributed by atoms with E-state index in [0.717, 1.165) is 6.54 Å². The van der Waals surface area contributed by atoms with Gasteiger partial charge in [0.1, 0.15) is 0 Å². The van der Waals surface area contributed by atoms with Crippen LogP contribution in [0.5, 0.6) is 0 Å². The second kappa shape index (κ2) is 9.05. The van der Waals surface area contributed by atoms with Crippen molar-refractivity contribution in [1.82, 2.24) is 10.6 Å². The van der Waals surface area contributed by atoms with E-state index >= 15 is 0 Å². The van der Waals surface area contributed by atoms with Gasteiger partial charge in [0, 0.05) is 13.1 Å². The number of aliphatic imine (C=N–C) groups is 1. The molecule has 2 N–H and O–H groups in total. The van der Waals surface area contributed by atoms with Gasteiger partial charge in [0.2, 0.25) is 0 Å². The first-order valence-electron chi connectivity index (χ1n) is 4.94. The van der Waals surface area contributed by atoms with Crippen LogP contribution < -0.4 is 10.6 Å². The lowest BCUT2D eigenvalue weighted by Gasteiger charge is -2.08. The predicted molar refractivity (Wildman–Crippen MR) is 60.8 cm³/mol. The molecule has 0 saturated carbocycles. The fourth-order valence-corrected chi connectivity index (χ4v) is 0.872. The van der Waals surface area contributed by atoms with Gasteiger partial charge in [-0.05, 0) is 6.92 Å². The van der Waals surface area contributed by atoms with Crippen LogP contribution in [-0.2, 0) is 9.53 Å². The van der Waals surface area contributed by atoms with Gasteiger partial charge in [-0.1, -0.05) is 6.08 Å². The molecule has 0 radical (unpaired) electrons. The van der Waals surface area contributed by atoms with E-state index in [4.69, 9.17) is 0 Å². The minimum absolute atomic E-state index is 0.252. The number of carbonyl (C=O) groups is 1. The third kappa shape index (κ3) is 7.54. The number of nitrogens with zero attached hydrogens (tertiary/aromatic N) is 1. The molecule has 0 aliphatic rings. The molecule has 0 aliphatic carbocycles.